The Labute approximate surface area is 85.5 Å². The van der Waals surface area contributed by atoms with E-state index >= 15 is 0 Å². The van der Waals surface area contributed by atoms with Crippen LogP contribution in [0.2, 0.25) is 0 Å². The molecule has 0 amide bonds. The Kier molecular flexibility index (Phi) is 4.10. The third-order valence-corrected chi connectivity index (χ3v) is 2.75. The number of nitrogens with two attached hydrogens (primary N) is 1. The van der Waals surface area contributed by atoms with Gasteiger partial charge in [-0.25, -0.2) is 0 Å². The fourth-order valence-corrected chi connectivity index (χ4v) is 1.82. The fourth-order valence-electron chi connectivity index (χ4n) is 1.82. The van der Waals surface area contributed by atoms with Crippen molar-refractivity contribution in [1.29, 1.82) is 0 Å². The van der Waals surface area contributed by atoms with Crippen molar-refractivity contribution in [3.05, 3.63) is 18.0 Å². The number of hydrazine groups is 1. The summed E-state index contributed by atoms with van der Waals surface area (Å²) >= 11 is 0. The third-order valence-electron chi connectivity index (χ3n) is 2.75. The summed E-state index contributed by atoms with van der Waals surface area (Å²) < 4.78 is 1.81. The molecule has 0 aliphatic carbocycles. The number of aromatic nitrogens is 2. The Hall–Kier alpha value is -0.870. The minimum Gasteiger partial charge on any atom is -0.275 e. The summed E-state index contributed by atoms with van der Waals surface area (Å²) in [6.07, 6.45) is 4.17. The first-order valence-corrected chi connectivity index (χ1v) is 5.18. The Morgan fingerprint density at radius 1 is 1.50 bits per heavy atom. The second-order valence-corrected chi connectivity index (χ2v) is 3.64. The summed E-state index contributed by atoms with van der Waals surface area (Å²) in [6.45, 7) is 4.36. The number of hydrogen-bond donors (Lipinski definition) is 2. The number of nitrogens with zero attached hydrogens (tertiary/aromatic N) is 2. The molecule has 0 fully saturated rings. The van der Waals surface area contributed by atoms with Gasteiger partial charge in [-0.3, -0.25) is 16.0 Å². The van der Waals surface area contributed by atoms with Gasteiger partial charge in [-0.05, 0) is 12.0 Å². The lowest BCUT2D eigenvalue weighted by Gasteiger charge is -2.22. The van der Waals surface area contributed by atoms with Crippen LogP contribution in [-0.4, -0.2) is 9.78 Å². The quantitative estimate of drug-likeness (QED) is 0.552. The van der Waals surface area contributed by atoms with E-state index in [0.29, 0.717) is 5.92 Å². The summed E-state index contributed by atoms with van der Waals surface area (Å²) in [7, 11) is 1.92. The molecule has 1 atom stereocenters. The van der Waals surface area contributed by atoms with Gasteiger partial charge in [0.2, 0.25) is 0 Å². The normalized spacial score (nSPS) is 13.5. The molecule has 0 spiro atoms. The third kappa shape index (κ3) is 2.33. The smallest absolute Gasteiger partial charge is 0.0810 e. The van der Waals surface area contributed by atoms with Crippen LogP contribution in [0.15, 0.2) is 12.3 Å². The molecule has 1 rings (SSSR count). The Morgan fingerprint density at radius 3 is 2.50 bits per heavy atom. The zero-order valence-electron chi connectivity index (χ0n) is 9.20. The second-order valence-electron chi connectivity index (χ2n) is 3.64. The molecule has 0 aromatic carbocycles. The van der Waals surface area contributed by atoms with Crippen LogP contribution in [0, 0.1) is 5.92 Å². The predicted molar refractivity (Wildman–Crippen MR) is 57.3 cm³/mol. The van der Waals surface area contributed by atoms with Crippen molar-refractivity contribution in [1.82, 2.24) is 15.2 Å². The van der Waals surface area contributed by atoms with E-state index in [1.54, 1.807) is 0 Å². The van der Waals surface area contributed by atoms with Gasteiger partial charge in [-0.1, -0.05) is 26.7 Å². The van der Waals surface area contributed by atoms with E-state index < -0.39 is 0 Å². The van der Waals surface area contributed by atoms with Gasteiger partial charge in [-0.2, -0.15) is 5.10 Å². The molecule has 4 heteroatoms. The zero-order chi connectivity index (χ0) is 10.6. The Balaban J connectivity index is 2.80. The van der Waals surface area contributed by atoms with Crippen LogP contribution < -0.4 is 11.3 Å². The van der Waals surface area contributed by atoms with Crippen LogP contribution >= 0.6 is 0 Å². The molecule has 0 radical (unpaired) electrons. The summed E-state index contributed by atoms with van der Waals surface area (Å²) in [4.78, 5) is 0. The number of hydrogen-bond acceptors (Lipinski definition) is 3. The van der Waals surface area contributed by atoms with E-state index in [0.717, 1.165) is 18.5 Å². The van der Waals surface area contributed by atoms with Gasteiger partial charge >= 0.3 is 0 Å². The monoisotopic (exact) mass is 196 g/mol. The minimum absolute atomic E-state index is 0.172. The maximum atomic E-state index is 5.57. The molecule has 3 N–H and O–H groups in total. The van der Waals surface area contributed by atoms with E-state index in [2.05, 4.69) is 24.4 Å². The van der Waals surface area contributed by atoms with Crippen LogP contribution in [0.5, 0.6) is 0 Å². The molecule has 0 aliphatic heterocycles. The molecule has 14 heavy (non-hydrogen) atoms. The van der Waals surface area contributed by atoms with Gasteiger partial charge < -0.3 is 0 Å². The van der Waals surface area contributed by atoms with Crippen molar-refractivity contribution in [3.8, 4) is 0 Å². The summed E-state index contributed by atoms with van der Waals surface area (Å²) in [5.41, 5.74) is 3.89. The van der Waals surface area contributed by atoms with Gasteiger partial charge in [0, 0.05) is 13.2 Å². The van der Waals surface area contributed by atoms with Crippen molar-refractivity contribution in [3.63, 3.8) is 0 Å². The number of nitrogens with one attached hydrogen (secondary N) is 1. The lowest BCUT2D eigenvalue weighted by atomic mass is 9.92. The topological polar surface area (TPSA) is 55.9 Å². The average Bonchev–Trinajstić information content (AvgIpc) is 2.60. The van der Waals surface area contributed by atoms with E-state index in [1.165, 1.54) is 0 Å². The van der Waals surface area contributed by atoms with Crippen LogP contribution in [0.25, 0.3) is 0 Å². The van der Waals surface area contributed by atoms with Crippen LogP contribution in [-0.2, 0) is 7.05 Å². The van der Waals surface area contributed by atoms with E-state index in [4.69, 9.17) is 5.84 Å². The molecule has 0 saturated carbocycles. The molecule has 1 aromatic rings. The SMILES string of the molecule is CCC(CC)C(NN)c1ccn(C)n1. The van der Waals surface area contributed by atoms with Gasteiger partial charge in [0.25, 0.3) is 0 Å². The van der Waals surface area contributed by atoms with Gasteiger partial charge in [0.15, 0.2) is 0 Å². The molecule has 1 aromatic heterocycles. The first kappa shape index (κ1) is 11.2. The predicted octanol–water partition coefficient (Wildman–Crippen LogP) is 1.36. The van der Waals surface area contributed by atoms with Crippen molar-refractivity contribution in [2.45, 2.75) is 32.7 Å². The molecule has 1 heterocycles. The second kappa shape index (κ2) is 5.12. The standard InChI is InChI=1S/C10H20N4/c1-4-8(5-2)10(12-11)9-6-7-14(3)13-9/h6-8,10,12H,4-5,11H2,1-3H3. The maximum absolute atomic E-state index is 5.57. The first-order chi connectivity index (χ1) is 6.72. The largest absolute Gasteiger partial charge is 0.275 e. The minimum atomic E-state index is 0.172. The van der Waals surface area contributed by atoms with E-state index in [9.17, 15) is 0 Å². The van der Waals surface area contributed by atoms with Gasteiger partial charge in [-0.15, -0.1) is 0 Å². The maximum Gasteiger partial charge on any atom is 0.0810 e. The highest BCUT2D eigenvalue weighted by atomic mass is 15.3. The van der Waals surface area contributed by atoms with Gasteiger partial charge in [0.1, 0.15) is 0 Å². The number of rotatable bonds is 5. The molecular weight excluding hydrogens is 176 g/mol. The van der Waals surface area contributed by atoms with Crippen LogP contribution in [0.4, 0.5) is 0 Å². The van der Waals surface area contributed by atoms with Crippen molar-refractivity contribution in [2.75, 3.05) is 0 Å². The fraction of sp³-hybridized carbons (Fsp3) is 0.700. The summed E-state index contributed by atoms with van der Waals surface area (Å²) in [5, 5.41) is 4.37. The lowest BCUT2D eigenvalue weighted by molar-refractivity contribution is 0.337. The highest BCUT2D eigenvalue weighted by Gasteiger charge is 2.20. The van der Waals surface area contributed by atoms with Gasteiger partial charge in [0.05, 0.1) is 11.7 Å². The van der Waals surface area contributed by atoms with E-state index in [1.807, 2.05) is 24.0 Å². The molecule has 4 nitrogen and oxygen atoms in total. The van der Waals surface area contributed by atoms with Crippen molar-refractivity contribution < 1.29 is 0 Å². The Morgan fingerprint density at radius 2 is 2.14 bits per heavy atom. The first-order valence-electron chi connectivity index (χ1n) is 5.18. The lowest BCUT2D eigenvalue weighted by Crippen LogP contribution is -2.33. The highest BCUT2D eigenvalue weighted by molar-refractivity contribution is 5.06. The molecule has 0 saturated heterocycles. The van der Waals surface area contributed by atoms with Crippen molar-refractivity contribution >= 4 is 0 Å². The van der Waals surface area contributed by atoms with Crippen LogP contribution in [0.3, 0.4) is 0 Å². The van der Waals surface area contributed by atoms with Crippen LogP contribution in [0.1, 0.15) is 38.4 Å². The summed E-state index contributed by atoms with van der Waals surface area (Å²) in [6, 6.07) is 2.19. The molecule has 0 aliphatic rings. The van der Waals surface area contributed by atoms with E-state index in [-0.39, 0.29) is 6.04 Å². The number of aryl methyl sites for hydroxylation is 1. The molecule has 80 valence electrons. The average molecular weight is 196 g/mol. The molecule has 0 bridgehead atoms. The molecule has 1 unspecified atom stereocenters. The summed E-state index contributed by atoms with van der Waals surface area (Å²) in [5.74, 6) is 6.12. The van der Waals surface area contributed by atoms with Crippen molar-refractivity contribution in [2.24, 2.45) is 18.8 Å². The Bertz CT molecular complexity index is 265. The molecular formula is C10H20N4. The highest BCUT2D eigenvalue weighted by Crippen LogP contribution is 2.24. The zero-order valence-corrected chi connectivity index (χ0v) is 9.20.